The van der Waals surface area contributed by atoms with Gasteiger partial charge in [0.05, 0.1) is 12.8 Å². The number of ether oxygens (including phenoxy) is 1. The van der Waals surface area contributed by atoms with Crippen LogP contribution in [0.2, 0.25) is 0 Å². The predicted molar refractivity (Wildman–Crippen MR) is 59.7 cm³/mol. The standard InChI is InChI=1S/C10H15NO2S/c1-4-14(3,12)11-9-5-7-10(13-2)8-6-9/h5-8H,4H2,1-3H3. The molecule has 0 aliphatic carbocycles. The van der Waals surface area contributed by atoms with Crippen molar-refractivity contribution in [1.29, 1.82) is 0 Å². The molecule has 1 atom stereocenters. The summed E-state index contributed by atoms with van der Waals surface area (Å²) >= 11 is 0. The molecule has 1 rings (SSSR count). The molecular formula is C10H15NO2S. The fourth-order valence-corrected chi connectivity index (χ4v) is 1.63. The maximum atomic E-state index is 11.7. The SMILES string of the molecule is CCS(C)(=O)=Nc1ccc(OC)cc1. The van der Waals surface area contributed by atoms with Crippen molar-refractivity contribution in [2.45, 2.75) is 6.92 Å². The van der Waals surface area contributed by atoms with Crippen LogP contribution in [0.4, 0.5) is 5.69 Å². The second kappa shape index (κ2) is 4.46. The van der Waals surface area contributed by atoms with E-state index in [1.165, 1.54) is 0 Å². The molecule has 0 heterocycles. The molecule has 0 saturated carbocycles. The Hall–Kier alpha value is -1.03. The van der Waals surface area contributed by atoms with E-state index < -0.39 is 9.73 Å². The van der Waals surface area contributed by atoms with Gasteiger partial charge < -0.3 is 4.74 Å². The van der Waals surface area contributed by atoms with Gasteiger partial charge in [-0.25, -0.2) is 4.21 Å². The fraction of sp³-hybridized carbons (Fsp3) is 0.400. The van der Waals surface area contributed by atoms with Crippen LogP contribution in [0.1, 0.15) is 6.92 Å². The Bertz CT molecular complexity index is 403. The molecule has 14 heavy (non-hydrogen) atoms. The quantitative estimate of drug-likeness (QED) is 0.773. The maximum absolute atomic E-state index is 11.7. The molecule has 0 saturated heterocycles. The van der Waals surface area contributed by atoms with Gasteiger partial charge in [0, 0.05) is 21.7 Å². The molecule has 0 radical (unpaired) electrons. The number of methoxy groups -OCH3 is 1. The van der Waals surface area contributed by atoms with E-state index in [-0.39, 0.29) is 0 Å². The number of hydrogen-bond acceptors (Lipinski definition) is 3. The van der Waals surface area contributed by atoms with Crippen LogP contribution in [0, 0.1) is 0 Å². The summed E-state index contributed by atoms with van der Waals surface area (Å²) in [4.78, 5) is 0. The van der Waals surface area contributed by atoms with Crippen molar-refractivity contribution < 1.29 is 8.95 Å². The molecular weight excluding hydrogens is 198 g/mol. The van der Waals surface area contributed by atoms with Crippen molar-refractivity contribution in [3.05, 3.63) is 24.3 Å². The van der Waals surface area contributed by atoms with Crippen molar-refractivity contribution in [1.82, 2.24) is 0 Å². The number of rotatable bonds is 3. The summed E-state index contributed by atoms with van der Waals surface area (Å²) in [6.45, 7) is 1.87. The van der Waals surface area contributed by atoms with Gasteiger partial charge in [-0.3, -0.25) is 0 Å². The van der Waals surface area contributed by atoms with E-state index >= 15 is 0 Å². The van der Waals surface area contributed by atoms with Crippen molar-refractivity contribution >= 4 is 15.4 Å². The van der Waals surface area contributed by atoms with Crippen molar-refractivity contribution in [3.8, 4) is 5.75 Å². The fourth-order valence-electron chi connectivity index (χ4n) is 0.931. The minimum absolute atomic E-state index is 0.568. The van der Waals surface area contributed by atoms with Gasteiger partial charge in [-0.15, -0.1) is 0 Å². The Morgan fingerprint density at radius 2 is 1.93 bits per heavy atom. The summed E-state index contributed by atoms with van der Waals surface area (Å²) in [5.74, 6) is 1.35. The highest BCUT2D eigenvalue weighted by molar-refractivity contribution is 7.93. The number of benzene rings is 1. The molecule has 78 valence electrons. The Balaban J connectivity index is 3.00. The highest BCUT2D eigenvalue weighted by Crippen LogP contribution is 2.19. The molecule has 0 N–H and O–H groups in total. The van der Waals surface area contributed by atoms with Gasteiger partial charge in [0.1, 0.15) is 5.75 Å². The van der Waals surface area contributed by atoms with Gasteiger partial charge in [-0.1, -0.05) is 6.92 Å². The molecule has 0 aromatic heterocycles. The highest BCUT2D eigenvalue weighted by Gasteiger charge is 1.97. The van der Waals surface area contributed by atoms with E-state index in [4.69, 9.17) is 4.74 Å². The minimum Gasteiger partial charge on any atom is -0.497 e. The van der Waals surface area contributed by atoms with Crippen molar-refractivity contribution in [3.63, 3.8) is 0 Å². The van der Waals surface area contributed by atoms with Crippen LogP contribution < -0.4 is 4.74 Å². The first-order valence-corrected chi connectivity index (χ1v) is 6.50. The third-order valence-corrected chi connectivity index (χ3v) is 3.57. The average molecular weight is 213 g/mol. The van der Waals surface area contributed by atoms with Gasteiger partial charge >= 0.3 is 0 Å². The number of nitrogens with zero attached hydrogens (tertiary/aromatic N) is 1. The lowest BCUT2D eigenvalue weighted by Crippen LogP contribution is -1.97. The van der Waals surface area contributed by atoms with Crippen molar-refractivity contribution in [2.75, 3.05) is 19.1 Å². The normalized spacial score (nSPS) is 14.5. The van der Waals surface area contributed by atoms with Crippen LogP contribution in [-0.2, 0) is 9.73 Å². The second-order valence-electron chi connectivity index (χ2n) is 3.04. The zero-order valence-corrected chi connectivity index (χ0v) is 9.50. The zero-order valence-electron chi connectivity index (χ0n) is 8.69. The third-order valence-electron chi connectivity index (χ3n) is 1.91. The predicted octanol–water partition coefficient (Wildman–Crippen LogP) is 2.44. The summed E-state index contributed by atoms with van der Waals surface area (Å²) < 4.78 is 20.9. The van der Waals surface area contributed by atoms with Crippen LogP contribution in [0.3, 0.4) is 0 Å². The smallest absolute Gasteiger partial charge is 0.119 e. The van der Waals surface area contributed by atoms with Crippen LogP contribution in [0.5, 0.6) is 5.75 Å². The van der Waals surface area contributed by atoms with E-state index in [0.29, 0.717) is 5.75 Å². The highest BCUT2D eigenvalue weighted by atomic mass is 32.2. The van der Waals surface area contributed by atoms with E-state index in [1.807, 2.05) is 19.1 Å². The van der Waals surface area contributed by atoms with Gasteiger partial charge in [0.15, 0.2) is 0 Å². The molecule has 0 fully saturated rings. The van der Waals surface area contributed by atoms with Gasteiger partial charge in [-0.05, 0) is 24.3 Å². The first-order valence-electron chi connectivity index (χ1n) is 4.41. The molecule has 0 aliphatic heterocycles. The average Bonchev–Trinajstić information content (AvgIpc) is 2.19. The molecule has 0 bridgehead atoms. The second-order valence-corrected chi connectivity index (χ2v) is 5.72. The topological polar surface area (TPSA) is 38.7 Å². The Labute approximate surface area is 85.3 Å². The van der Waals surface area contributed by atoms with Crippen LogP contribution in [0.25, 0.3) is 0 Å². The first kappa shape index (κ1) is 11.0. The molecule has 4 heteroatoms. The largest absolute Gasteiger partial charge is 0.497 e. The molecule has 0 amide bonds. The molecule has 3 nitrogen and oxygen atoms in total. The van der Waals surface area contributed by atoms with Crippen molar-refractivity contribution in [2.24, 2.45) is 4.36 Å². The van der Waals surface area contributed by atoms with Crippen LogP contribution in [0.15, 0.2) is 28.6 Å². The minimum atomic E-state index is -2.06. The van der Waals surface area contributed by atoms with Gasteiger partial charge in [-0.2, -0.15) is 4.36 Å². The first-order chi connectivity index (χ1) is 6.57. The van der Waals surface area contributed by atoms with Gasteiger partial charge in [0.25, 0.3) is 0 Å². The molecule has 1 aromatic rings. The Morgan fingerprint density at radius 1 is 1.36 bits per heavy atom. The molecule has 0 spiro atoms. The Morgan fingerprint density at radius 3 is 2.36 bits per heavy atom. The molecule has 1 unspecified atom stereocenters. The van der Waals surface area contributed by atoms with E-state index in [1.54, 1.807) is 25.5 Å². The summed E-state index contributed by atoms with van der Waals surface area (Å²) in [5.41, 5.74) is 0.736. The summed E-state index contributed by atoms with van der Waals surface area (Å²) in [6, 6.07) is 7.23. The maximum Gasteiger partial charge on any atom is 0.119 e. The van der Waals surface area contributed by atoms with E-state index in [9.17, 15) is 4.21 Å². The van der Waals surface area contributed by atoms with Crippen LogP contribution >= 0.6 is 0 Å². The monoisotopic (exact) mass is 213 g/mol. The third kappa shape index (κ3) is 3.03. The summed E-state index contributed by atoms with van der Waals surface area (Å²) in [7, 11) is -0.446. The van der Waals surface area contributed by atoms with Gasteiger partial charge in [0.2, 0.25) is 0 Å². The van der Waals surface area contributed by atoms with E-state index in [2.05, 4.69) is 4.36 Å². The lowest BCUT2D eigenvalue weighted by atomic mass is 10.3. The summed E-state index contributed by atoms with van der Waals surface area (Å²) in [5, 5.41) is 0. The summed E-state index contributed by atoms with van der Waals surface area (Å²) in [6.07, 6.45) is 1.66. The molecule has 1 aromatic carbocycles. The molecule has 0 aliphatic rings. The lowest BCUT2D eigenvalue weighted by Gasteiger charge is -2.01. The zero-order chi connectivity index (χ0) is 10.6. The van der Waals surface area contributed by atoms with Crippen LogP contribution in [-0.4, -0.2) is 23.3 Å². The van der Waals surface area contributed by atoms with E-state index in [0.717, 1.165) is 11.4 Å². The number of hydrogen-bond donors (Lipinski definition) is 0. The Kier molecular flexibility index (Phi) is 3.52. The lowest BCUT2D eigenvalue weighted by molar-refractivity contribution is 0.415.